The average molecular weight is 255 g/mol. The molecule has 0 fully saturated rings. The van der Waals surface area contributed by atoms with Crippen molar-refractivity contribution in [2.75, 3.05) is 26.2 Å². The fourth-order valence-electron chi connectivity index (χ4n) is 1.41. The molecule has 0 aliphatic rings. The third-order valence-electron chi connectivity index (χ3n) is 2.54. The monoisotopic (exact) mass is 254 g/mol. The van der Waals surface area contributed by atoms with Crippen molar-refractivity contribution < 1.29 is 4.84 Å². The van der Waals surface area contributed by atoms with Gasteiger partial charge in [0, 0.05) is 11.6 Å². The van der Waals surface area contributed by atoms with Gasteiger partial charge >= 0.3 is 0 Å². The van der Waals surface area contributed by atoms with Gasteiger partial charge in [0.1, 0.15) is 6.61 Å². The van der Waals surface area contributed by atoms with E-state index in [4.69, 9.17) is 16.4 Å². The molecule has 0 saturated carbocycles. The van der Waals surface area contributed by atoms with Crippen molar-refractivity contribution in [2.24, 2.45) is 5.16 Å². The van der Waals surface area contributed by atoms with Gasteiger partial charge in [-0.2, -0.15) is 0 Å². The standard InChI is InChI=1S/C13H19ClN2O/c1-3-16(4-2)9-10-17-15-11-12-5-7-13(14)8-6-12/h5-8,11H,3-4,9-10H2,1-2H3/b15-11+. The summed E-state index contributed by atoms with van der Waals surface area (Å²) in [5, 5.41) is 4.64. The minimum atomic E-state index is 0.617. The molecule has 1 rings (SSSR count). The molecule has 0 aromatic heterocycles. The smallest absolute Gasteiger partial charge is 0.129 e. The van der Waals surface area contributed by atoms with E-state index < -0.39 is 0 Å². The van der Waals surface area contributed by atoms with Gasteiger partial charge in [0.25, 0.3) is 0 Å². The molecule has 0 N–H and O–H groups in total. The summed E-state index contributed by atoms with van der Waals surface area (Å²) in [4.78, 5) is 7.49. The zero-order valence-electron chi connectivity index (χ0n) is 10.4. The molecule has 0 amide bonds. The molecular formula is C13H19ClN2O. The molecule has 4 heteroatoms. The topological polar surface area (TPSA) is 24.8 Å². The number of rotatable bonds is 7. The lowest BCUT2D eigenvalue weighted by molar-refractivity contribution is 0.115. The predicted octanol–water partition coefficient (Wildman–Crippen LogP) is 3.03. The highest BCUT2D eigenvalue weighted by Crippen LogP contribution is 2.07. The molecule has 17 heavy (non-hydrogen) atoms. The van der Waals surface area contributed by atoms with Gasteiger partial charge < -0.3 is 9.74 Å². The van der Waals surface area contributed by atoms with Gasteiger partial charge in [-0.25, -0.2) is 0 Å². The summed E-state index contributed by atoms with van der Waals surface area (Å²) in [6.45, 7) is 7.89. The molecule has 0 aliphatic heterocycles. The molecule has 0 aliphatic carbocycles. The largest absolute Gasteiger partial charge is 0.394 e. The first-order chi connectivity index (χ1) is 8.26. The maximum atomic E-state index is 5.78. The molecule has 1 aromatic rings. The normalized spacial score (nSPS) is 11.3. The van der Waals surface area contributed by atoms with Gasteiger partial charge in [0.05, 0.1) is 6.21 Å². The first-order valence-corrected chi connectivity index (χ1v) is 6.27. The van der Waals surface area contributed by atoms with Crippen LogP contribution in [0.15, 0.2) is 29.4 Å². The molecule has 0 atom stereocenters. The van der Waals surface area contributed by atoms with E-state index in [9.17, 15) is 0 Å². The van der Waals surface area contributed by atoms with E-state index in [2.05, 4.69) is 23.9 Å². The Labute approximate surface area is 108 Å². The molecule has 94 valence electrons. The Morgan fingerprint density at radius 3 is 2.47 bits per heavy atom. The quantitative estimate of drug-likeness (QED) is 0.425. The lowest BCUT2D eigenvalue weighted by Crippen LogP contribution is -2.26. The Balaban J connectivity index is 2.24. The highest BCUT2D eigenvalue weighted by atomic mass is 35.5. The first-order valence-electron chi connectivity index (χ1n) is 5.89. The number of hydrogen-bond donors (Lipinski definition) is 0. The molecule has 0 heterocycles. The number of likely N-dealkylation sites (N-methyl/N-ethyl adjacent to an activating group) is 1. The van der Waals surface area contributed by atoms with Gasteiger partial charge in [0.2, 0.25) is 0 Å². The van der Waals surface area contributed by atoms with Crippen molar-refractivity contribution in [3.05, 3.63) is 34.9 Å². The predicted molar refractivity (Wildman–Crippen MR) is 72.8 cm³/mol. The summed E-state index contributed by atoms with van der Waals surface area (Å²) in [7, 11) is 0. The lowest BCUT2D eigenvalue weighted by Gasteiger charge is -2.16. The van der Waals surface area contributed by atoms with Crippen LogP contribution in [-0.4, -0.2) is 37.4 Å². The third kappa shape index (κ3) is 5.71. The summed E-state index contributed by atoms with van der Waals surface area (Å²) < 4.78 is 0. The van der Waals surface area contributed by atoms with E-state index in [0.29, 0.717) is 6.61 Å². The van der Waals surface area contributed by atoms with Crippen LogP contribution in [0.1, 0.15) is 19.4 Å². The Bertz CT molecular complexity index is 334. The Morgan fingerprint density at radius 2 is 1.88 bits per heavy atom. The van der Waals surface area contributed by atoms with Crippen LogP contribution in [0.25, 0.3) is 0 Å². The molecule has 0 unspecified atom stereocenters. The highest BCUT2D eigenvalue weighted by molar-refractivity contribution is 6.30. The molecule has 3 nitrogen and oxygen atoms in total. The van der Waals surface area contributed by atoms with Crippen molar-refractivity contribution >= 4 is 17.8 Å². The minimum Gasteiger partial charge on any atom is -0.394 e. The minimum absolute atomic E-state index is 0.617. The van der Waals surface area contributed by atoms with E-state index >= 15 is 0 Å². The zero-order valence-corrected chi connectivity index (χ0v) is 11.2. The Kier molecular flexibility index (Phi) is 6.67. The Morgan fingerprint density at radius 1 is 1.24 bits per heavy atom. The highest BCUT2D eigenvalue weighted by Gasteiger charge is 1.97. The maximum Gasteiger partial charge on any atom is 0.129 e. The SMILES string of the molecule is CCN(CC)CCO/N=C/c1ccc(Cl)cc1. The second kappa shape index (κ2) is 8.09. The van der Waals surface area contributed by atoms with Crippen molar-refractivity contribution in [1.29, 1.82) is 0 Å². The molecule has 1 aromatic carbocycles. The van der Waals surface area contributed by atoms with Crippen molar-refractivity contribution in [3.63, 3.8) is 0 Å². The number of oxime groups is 1. The zero-order chi connectivity index (χ0) is 12.5. The van der Waals surface area contributed by atoms with Crippen molar-refractivity contribution in [3.8, 4) is 0 Å². The molecular weight excluding hydrogens is 236 g/mol. The molecule has 0 bridgehead atoms. The van der Waals surface area contributed by atoms with E-state index in [1.165, 1.54) is 0 Å². The van der Waals surface area contributed by atoms with E-state index in [1.807, 2.05) is 24.3 Å². The van der Waals surface area contributed by atoms with Crippen LogP contribution in [0.5, 0.6) is 0 Å². The lowest BCUT2D eigenvalue weighted by atomic mass is 10.2. The van der Waals surface area contributed by atoms with Crippen LogP contribution in [0, 0.1) is 0 Å². The van der Waals surface area contributed by atoms with Gasteiger partial charge in [-0.05, 0) is 30.8 Å². The summed E-state index contributed by atoms with van der Waals surface area (Å²) in [6.07, 6.45) is 1.69. The fraction of sp³-hybridized carbons (Fsp3) is 0.462. The fourth-order valence-corrected chi connectivity index (χ4v) is 1.54. The van der Waals surface area contributed by atoms with Gasteiger partial charge in [-0.15, -0.1) is 0 Å². The average Bonchev–Trinajstić information content (AvgIpc) is 2.36. The summed E-state index contributed by atoms with van der Waals surface area (Å²) >= 11 is 5.78. The number of halogens is 1. The van der Waals surface area contributed by atoms with Crippen LogP contribution in [0.2, 0.25) is 5.02 Å². The second-order valence-corrected chi connectivity index (χ2v) is 4.08. The number of hydrogen-bond acceptors (Lipinski definition) is 3. The van der Waals surface area contributed by atoms with E-state index in [0.717, 1.165) is 30.2 Å². The van der Waals surface area contributed by atoms with Crippen molar-refractivity contribution in [2.45, 2.75) is 13.8 Å². The molecule has 0 radical (unpaired) electrons. The summed E-state index contributed by atoms with van der Waals surface area (Å²) in [6, 6.07) is 7.47. The van der Waals surface area contributed by atoms with Gasteiger partial charge in [-0.1, -0.05) is 42.7 Å². The van der Waals surface area contributed by atoms with Gasteiger partial charge in [0.15, 0.2) is 0 Å². The number of benzene rings is 1. The second-order valence-electron chi connectivity index (χ2n) is 3.65. The number of nitrogens with zero attached hydrogens (tertiary/aromatic N) is 2. The van der Waals surface area contributed by atoms with Crippen LogP contribution in [-0.2, 0) is 4.84 Å². The van der Waals surface area contributed by atoms with E-state index in [-0.39, 0.29) is 0 Å². The molecule has 0 spiro atoms. The first kappa shape index (κ1) is 14.0. The summed E-state index contributed by atoms with van der Waals surface area (Å²) in [5.41, 5.74) is 0.984. The van der Waals surface area contributed by atoms with E-state index in [1.54, 1.807) is 6.21 Å². The van der Waals surface area contributed by atoms with Crippen LogP contribution < -0.4 is 0 Å². The van der Waals surface area contributed by atoms with Crippen LogP contribution in [0.4, 0.5) is 0 Å². The third-order valence-corrected chi connectivity index (χ3v) is 2.79. The maximum absolute atomic E-state index is 5.78. The van der Waals surface area contributed by atoms with Crippen LogP contribution in [0.3, 0.4) is 0 Å². The molecule has 0 saturated heterocycles. The summed E-state index contributed by atoms with van der Waals surface area (Å²) in [5.74, 6) is 0. The Hall–Kier alpha value is -1.06. The van der Waals surface area contributed by atoms with Gasteiger partial charge in [-0.3, -0.25) is 0 Å². The van der Waals surface area contributed by atoms with Crippen LogP contribution >= 0.6 is 11.6 Å². The van der Waals surface area contributed by atoms with Crippen molar-refractivity contribution in [1.82, 2.24) is 4.90 Å².